The summed E-state index contributed by atoms with van der Waals surface area (Å²) in [6.45, 7) is 5.53. The monoisotopic (exact) mass is 819 g/mol. The van der Waals surface area contributed by atoms with E-state index in [9.17, 15) is 38.7 Å². The fraction of sp³-hybridized carbons (Fsp3) is 0.632. The molecule has 0 aliphatic rings. The molecule has 0 unspecified atom stereocenters. The minimum absolute atomic E-state index is 0.00770. The van der Waals surface area contributed by atoms with Gasteiger partial charge in [-0.2, -0.15) is 0 Å². The first-order valence-corrected chi connectivity index (χ1v) is 19.8. The Morgan fingerprint density at radius 2 is 1.07 bits per heavy atom. The van der Waals surface area contributed by atoms with E-state index in [1.54, 1.807) is 30.3 Å². The number of nitrogens with two attached hydrogens (primary N) is 5. The van der Waals surface area contributed by atoms with E-state index >= 15 is 0 Å². The van der Waals surface area contributed by atoms with Gasteiger partial charge in [0.05, 0.1) is 6.54 Å². The van der Waals surface area contributed by atoms with Crippen LogP contribution in [0.15, 0.2) is 35.3 Å². The highest BCUT2D eigenvalue weighted by atomic mass is 16.4. The molecule has 0 bridgehead atoms. The summed E-state index contributed by atoms with van der Waals surface area (Å²) < 4.78 is 0. The van der Waals surface area contributed by atoms with Crippen molar-refractivity contribution in [3.63, 3.8) is 0 Å². The van der Waals surface area contributed by atoms with E-state index in [2.05, 4.69) is 36.9 Å². The number of guanidine groups is 1. The van der Waals surface area contributed by atoms with Gasteiger partial charge in [0.25, 0.3) is 0 Å². The molecule has 1 aromatic rings. The average molecular weight is 819 g/mol. The number of carbonyl (C=O) groups is 7. The number of carbonyl (C=O) groups excluding carboxylic acids is 6. The summed E-state index contributed by atoms with van der Waals surface area (Å²) >= 11 is 0. The SMILES string of the molecule is CC(C)C[C@H](NC(=O)[C@H](CCCCN)NC(=O)[C@H](CCCN=C(N)N)NC(=O)[C@H](Cc1ccccc1)NC(=O)[C@H](C)NC(=O)[C@H](CCCCN)NC(=O)CN)C(=O)O. The summed E-state index contributed by atoms with van der Waals surface area (Å²) in [5.41, 5.74) is 28.3. The molecule has 326 valence electrons. The van der Waals surface area contributed by atoms with Crippen molar-refractivity contribution < 1.29 is 38.7 Å². The standard InChI is InChI=1S/C38H66N12O8/c1-23(2)20-30(37(57)58)50-35(55)27(15-8-10-18-40)47-34(54)28(16-11-19-44-38(42)43)48-36(56)29(21-25-12-5-4-6-13-25)49-32(52)24(3)45-33(53)26(14-7-9-17-39)46-31(51)22-41/h4-6,12-13,23-24,26-30H,7-11,14-22,39-41H2,1-3H3,(H,45,53)(H,46,51)(H,47,54)(H,48,56)(H,49,52)(H,50,55)(H,57,58)(H4,42,43,44)/t24-,26-,27-,28-,29-,30-/m0/s1. The van der Waals surface area contributed by atoms with E-state index in [1.807, 2.05) is 13.8 Å². The highest BCUT2D eigenvalue weighted by Crippen LogP contribution is 2.10. The maximum atomic E-state index is 14.1. The van der Waals surface area contributed by atoms with Crippen LogP contribution in [0.4, 0.5) is 0 Å². The fourth-order valence-electron chi connectivity index (χ4n) is 5.79. The smallest absolute Gasteiger partial charge is 0.326 e. The van der Waals surface area contributed by atoms with Gasteiger partial charge in [-0.05, 0) is 89.3 Å². The number of carboxylic acid groups (broad SMARTS) is 1. The number of nitrogens with one attached hydrogen (secondary N) is 6. The number of benzene rings is 1. The van der Waals surface area contributed by atoms with Gasteiger partial charge in [0.15, 0.2) is 5.96 Å². The molecule has 0 aliphatic carbocycles. The molecule has 0 saturated heterocycles. The first kappa shape index (κ1) is 50.7. The highest BCUT2D eigenvalue weighted by Gasteiger charge is 2.32. The molecule has 6 amide bonds. The van der Waals surface area contributed by atoms with E-state index in [1.165, 1.54) is 6.92 Å². The Balaban J connectivity index is 3.38. The second kappa shape index (κ2) is 28.1. The predicted molar refractivity (Wildman–Crippen MR) is 219 cm³/mol. The Labute approximate surface area is 340 Å². The van der Waals surface area contributed by atoms with Crippen LogP contribution < -0.4 is 60.6 Å². The topological polar surface area (TPSA) is 354 Å². The normalized spacial score (nSPS) is 14.1. The van der Waals surface area contributed by atoms with E-state index in [-0.39, 0.29) is 63.5 Å². The molecule has 20 nitrogen and oxygen atoms in total. The maximum Gasteiger partial charge on any atom is 0.326 e. The number of carboxylic acids is 1. The molecule has 0 aromatic heterocycles. The van der Waals surface area contributed by atoms with Gasteiger partial charge in [-0.25, -0.2) is 4.79 Å². The van der Waals surface area contributed by atoms with E-state index in [0.717, 1.165) is 0 Å². The molecule has 6 atom stereocenters. The Hall–Kier alpha value is -5.34. The van der Waals surface area contributed by atoms with Gasteiger partial charge in [0.2, 0.25) is 35.4 Å². The minimum atomic E-state index is -1.26. The number of amides is 6. The summed E-state index contributed by atoms with van der Waals surface area (Å²) in [7, 11) is 0. The Morgan fingerprint density at radius 3 is 1.55 bits per heavy atom. The van der Waals surface area contributed by atoms with Crippen LogP contribution in [0.3, 0.4) is 0 Å². The van der Waals surface area contributed by atoms with Crippen LogP contribution in [0, 0.1) is 5.92 Å². The predicted octanol–water partition coefficient (Wildman–Crippen LogP) is -2.44. The molecule has 1 aromatic carbocycles. The van der Waals surface area contributed by atoms with Gasteiger partial charge < -0.3 is 65.7 Å². The van der Waals surface area contributed by atoms with Gasteiger partial charge in [0, 0.05) is 13.0 Å². The van der Waals surface area contributed by atoms with Crippen LogP contribution in [0.2, 0.25) is 0 Å². The van der Waals surface area contributed by atoms with E-state index in [4.69, 9.17) is 28.7 Å². The van der Waals surface area contributed by atoms with Gasteiger partial charge in [0.1, 0.15) is 36.3 Å². The van der Waals surface area contributed by atoms with Crippen molar-refractivity contribution in [3.8, 4) is 0 Å². The quantitative estimate of drug-likeness (QED) is 0.0227. The number of unbranched alkanes of at least 4 members (excludes halogenated alkanes) is 2. The molecule has 17 N–H and O–H groups in total. The van der Waals surface area contributed by atoms with Crippen molar-refractivity contribution in [1.82, 2.24) is 31.9 Å². The van der Waals surface area contributed by atoms with Crippen LogP contribution in [-0.4, -0.2) is 115 Å². The molecule has 20 heteroatoms. The molecule has 1 rings (SSSR count). The number of nitrogens with zero attached hydrogens (tertiary/aromatic N) is 1. The number of hydrogen-bond acceptors (Lipinski definition) is 11. The zero-order valence-electron chi connectivity index (χ0n) is 34.0. The Morgan fingerprint density at radius 1 is 0.603 bits per heavy atom. The summed E-state index contributed by atoms with van der Waals surface area (Å²) in [5, 5.41) is 25.4. The first-order chi connectivity index (χ1) is 27.5. The summed E-state index contributed by atoms with van der Waals surface area (Å²) in [6.07, 6.45) is 2.87. The van der Waals surface area contributed by atoms with E-state index < -0.39 is 77.7 Å². The number of rotatable bonds is 29. The molecule has 58 heavy (non-hydrogen) atoms. The molecular formula is C38H66N12O8. The fourth-order valence-corrected chi connectivity index (χ4v) is 5.79. The van der Waals surface area contributed by atoms with Gasteiger partial charge >= 0.3 is 5.97 Å². The van der Waals surface area contributed by atoms with Crippen LogP contribution in [-0.2, 0) is 40.0 Å². The van der Waals surface area contributed by atoms with Gasteiger partial charge in [-0.15, -0.1) is 0 Å². The van der Waals surface area contributed by atoms with Crippen molar-refractivity contribution in [2.45, 2.75) is 121 Å². The number of hydrogen-bond donors (Lipinski definition) is 12. The third-order valence-electron chi connectivity index (χ3n) is 8.93. The zero-order chi connectivity index (χ0) is 43.6. The lowest BCUT2D eigenvalue weighted by molar-refractivity contribution is -0.143. The largest absolute Gasteiger partial charge is 0.480 e. The summed E-state index contributed by atoms with van der Waals surface area (Å²) in [5.74, 6) is -5.56. The lowest BCUT2D eigenvalue weighted by Gasteiger charge is -2.27. The maximum absolute atomic E-state index is 14.1. The second-order valence-electron chi connectivity index (χ2n) is 14.5. The summed E-state index contributed by atoms with van der Waals surface area (Å²) in [4.78, 5) is 96.0. The lowest BCUT2D eigenvalue weighted by Crippen LogP contribution is -2.59. The van der Waals surface area contributed by atoms with Crippen molar-refractivity contribution >= 4 is 47.4 Å². The average Bonchev–Trinajstić information content (AvgIpc) is 3.17. The third-order valence-corrected chi connectivity index (χ3v) is 8.93. The Kier molecular flexibility index (Phi) is 24.6. The van der Waals surface area contributed by atoms with Crippen molar-refractivity contribution in [2.75, 3.05) is 26.2 Å². The van der Waals surface area contributed by atoms with Crippen LogP contribution in [0.5, 0.6) is 0 Å². The first-order valence-electron chi connectivity index (χ1n) is 19.8. The van der Waals surface area contributed by atoms with E-state index in [0.29, 0.717) is 44.3 Å². The van der Waals surface area contributed by atoms with Gasteiger partial charge in [-0.1, -0.05) is 44.2 Å². The molecule has 0 heterocycles. The molecular weight excluding hydrogens is 752 g/mol. The molecule has 0 aliphatic heterocycles. The van der Waals surface area contributed by atoms with Crippen LogP contribution in [0.1, 0.15) is 84.1 Å². The highest BCUT2D eigenvalue weighted by molar-refractivity contribution is 5.96. The molecule has 0 spiro atoms. The lowest BCUT2D eigenvalue weighted by atomic mass is 10.0. The second-order valence-corrected chi connectivity index (χ2v) is 14.5. The van der Waals surface area contributed by atoms with Crippen molar-refractivity contribution in [3.05, 3.63) is 35.9 Å². The molecule has 0 radical (unpaired) electrons. The van der Waals surface area contributed by atoms with Crippen molar-refractivity contribution in [2.24, 2.45) is 39.6 Å². The number of aliphatic imine (C=N–C) groups is 1. The van der Waals surface area contributed by atoms with Crippen LogP contribution >= 0.6 is 0 Å². The van der Waals surface area contributed by atoms with Crippen LogP contribution in [0.25, 0.3) is 0 Å². The Bertz CT molecular complexity index is 1490. The third kappa shape index (κ3) is 20.7. The van der Waals surface area contributed by atoms with Crippen molar-refractivity contribution in [1.29, 1.82) is 0 Å². The minimum Gasteiger partial charge on any atom is -0.480 e. The zero-order valence-corrected chi connectivity index (χ0v) is 34.0. The van der Waals surface area contributed by atoms with Gasteiger partial charge in [-0.3, -0.25) is 33.8 Å². The molecule has 0 saturated carbocycles. The molecule has 0 fully saturated rings. The summed E-state index contributed by atoms with van der Waals surface area (Å²) in [6, 6.07) is 1.76. The number of aliphatic carboxylic acids is 1.